The Kier molecular flexibility index (Phi) is 3.02. The number of aryl methyl sites for hydroxylation is 2. The van der Waals surface area contributed by atoms with Gasteiger partial charge < -0.3 is 4.74 Å². The fourth-order valence-corrected chi connectivity index (χ4v) is 0.989. The molecule has 0 fully saturated rings. The van der Waals surface area contributed by atoms with Gasteiger partial charge in [0.05, 0.1) is 0 Å². The number of hydrogen-bond acceptors (Lipinski definition) is 2. The van der Waals surface area contributed by atoms with Crippen LogP contribution in [0.4, 0.5) is 4.39 Å². The molecule has 0 N–H and O–H groups in total. The smallest absolute Gasteiger partial charge is 0.216 e. The Morgan fingerprint density at radius 2 is 2.25 bits per heavy atom. The fraction of sp³-hybridized carbons (Fsp3) is 0.444. The molecule has 0 unspecified atom stereocenters. The second-order valence-electron chi connectivity index (χ2n) is 2.67. The van der Waals surface area contributed by atoms with Crippen molar-refractivity contribution in [2.75, 3.05) is 13.3 Å². The van der Waals surface area contributed by atoms with Crippen molar-refractivity contribution in [2.45, 2.75) is 13.8 Å². The SMILES string of the molecule is Cc1cnc(OCCF)c(C)c1. The van der Waals surface area contributed by atoms with E-state index >= 15 is 0 Å². The minimum Gasteiger partial charge on any atom is -0.475 e. The number of halogens is 1. The molecule has 12 heavy (non-hydrogen) atoms. The maximum Gasteiger partial charge on any atom is 0.216 e. The van der Waals surface area contributed by atoms with Crippen LogP contribution in [-0.2, 0) is 0 Å². The second kappa shape index (κ2) is 4.04. The van der Waals surface area contributed by atoms with E-state index in [0.717, 1.165) is 11.1 Å². The topological polar surface area (TPSA) is 22.1 Å². The molecule has 1 rings (SSSR count). The summed E-state index contributed by atoms with van der Waals surface area (Å²) in [6.45, 7) is 3.46. The van der Waals surface area contributed by atoms with Gasteiger partial charge in [-0.25, -0.2) is 9.37 Å². The Hall–Kier alpha value is -1.12. The largest absolute Gasteiger partial charge is 0.475 e. The minimum atomic E-state index is -0.477. The maximum atomic E-state index is 11.7. The van der Waals surface area contributed by atoms with Crippen LogP contribution >= 0.6 is 0 Å². The van der Waals surface area contributed by atoms with Gasteiger partial charge in [-0.15, -0.1) is 0 Å². The van der Waals surface area contributed by atoms with Gasteiger partial charge in [-0.05, 0) is 25.5 Å². The first-order valence-electron chi connectivity index (χ1n) is 3.86. The first kappa shape index (κ1) is 8.97. The van der Waals surface area contributed by atoms with E-state index in [1.54, 1.807) is 6.20 Å². The number of ether oxygens (including phenoxy) is 1. The average Bonchev–Trinajstić information content (AvgIpc) is 2.03. The summed E-state index contributed by atoms with van der Waals surface area (Å²) in [4.78, 5) is 4.03. The van der Waals surface area contributed by atoms with Crippen molar-refractivity contribution in [1.82, 2.24) is 4.98 Å². The first-order valence-corrected chi connectivity index (χ1v) is 3.86. The predicted molar refractivity (Wildman–Crippen MR) is 45.2 cm³/mol. The molecule has 2 nitrogen and oxygen atoms in total. The van der Waals surface area contributed by atoms with Gasteiger partial charge in [-0.2, -0.15) is 0 Å². The van der Waals surface area contributed by atoms with Crippen LogP contribution in [0.25, 0.3) is 0 Å². The van der Waals surface area contributed by atoms with Crippen LogP contribution < -0.4 is 4.74 Å². The monoisotopic (exact) mass is 169 g/mol. The highest BCUT2D eigenvalue weighted by Crippen LogP contribution is 2.14. The number of aromatic nitrogens is 1. The van der Waals surface area contributed by atoms with Crippen LogP contribution in [0.15, 0.2) is 12.3 Å². The molecular weight excluding hydrogens is 157 g/mol. The third kappa shape index (κ3) is 2.19. The number of alkyl halides is 1. The van der Waals surface area contributed by atoms with Crippen molar-refractivity contribution < 1.29 is 9.13 Å². The molecule has 0 amide bonds. The van der Waals surface area contributed by atoms with Crippen LogP contribution in [0.5, 0.6) is 5.88 Å². The van der Waals surface area contributed by atoms with Crippen molar-refractivity contribution in [3.8, 4) is 5.88 Å². The molecule has 1 aromatic heterocycles. The summed E-state index contributed by atoms with van der Waals surface area (Å²) in [6.07, 6.45) is 1.71. The molecule has 66 valence electrons. The number of nitrogens with zero attached hydrogens (tertiary/aromatic N) is 1. The normalized spacial score (nSPS) is 9.92. The lowest BCUT2D eigenvalue weighted by molar-refractivity contribution is 0.263. The Morgan fingerprint density at radius 3 is 2.83 bits per heavy atom. The average molecular weight is 169 g/mol. The summed E-state index contributed by atoms with van der Waals surface area (Å²) >= 11 is 0. The number of hydrogen-bond donors (Lipinski definition) is 0. The molecule has 0 aliphatic carbocycles. The molecule has 0 spiro atoms. The minimum absolute atomic E-state index is 0.0803. The number of rotatable bonds is 3. The van der Waals surface area contributed by atoms with Crippen LogP contribution in [0, 0.1) is 13.8 Å². The van der Waals surface area contributed by atoms with Gasteiger partial charge in [0.15, 0.2) is 0 Å². The van der Waals surface area contributed by atoms with Crippen LogP contribution in [0.1, 0.15) is 11.1 Å². The lowest BCUT2D eigenvalue weighted by Crippen LogP contribution is -2.02. The molecule has 0 atom stereocenters. The van der Waals surface area contributed by atoms with E-state index in [9.17, 15) is 4.39 Å². The van der Waals surface area contributed by atoms with Crippen molar-refractivity contribution in [3.05, 3.63) is 23.4 Å². The van der Waals surface area contributed by atoms with Gasteiger partial charge in [-0.3, -0.25) is 0 Å². The van der Waals surface area contributed by atoms with E-state index in [-0.39, 0.29) is 6.61 Å². The molecule has 1 heterocycles. The fourth-order valence-electron chi connectivity index (χ4n) is 0.989. The molecule has 0 bridgehead atoms. The zero-order chi connectivity index (χ0) is 8.97. The zero-order valence-corrected chi connectivity index (χ0v) is 7.30. The highest BCUT2D eigenvalue weighted by Gasteiger charge is 1.99. The molecule has 0 aromatic carbocycles. The number of pyridine rings is 1. The van der Waals surface area contributed by atoms with E-state index in [1.165, 1.54) is 0 Å². The van der Waals surface area contributed by atoms with Crippen LogP contribution in [0.2, 0.25) is 0 Å². The highest BCUT2D eigenvalue weighted by atomic mass is 19.1. The lowest BCUT2D eigenvalue weighted by atomic mass is 10.2. The van der Waals surface area contributed by atoms with Gasteiger partial charge in [0.1, 0.15) is 13.3 Å². The zero-order valence-electron chi connectivity index (χ0n) is 7.30. The second-order valence-corrected chi connectivity index (χ2v) is 2.67. The molecule has 3 heteroatoms. The van der Waals surface area contributed by atoms with Gasteiger partial charge in [0, 0.05) is 11.8 Å². The molecule has 0 saturated carbocycles. The third-order valence-electron chi connectivity index (χ3n) is 1.48. The molecular formula is C9H12FNO. The van der Waals surface area contributed by atoms with Gasteiger partial charge in [0.25, 0.3) is 0 Å². The summed E-state index contributed by atoms with van der Waals surface area (Å²) in [5.41, 5.74) is 2.03. The summed E-state index contributed by atoms with van der Waals surface area (Å²) in [5, 5.41) is 0. The summed E-state index contributed by atoms with van der Waals surface area (Å²) in [7, 11) is 0. The summed E-state index contributed by atoms with van der Waals surface area (Å²) in [6, 6.07) is 1.96. The van der Waals surface area contributed by atoms with Gasteiger partial charge in [0.2, 0.25) is 5.88 Å². The van der Waals surface area contributed by atoms with E-state index in [0.29, 0.717) is 5.88 Å². The lowest BCUT2D eigenvalue weighted by Gasteiger charge is -2.05. The summed E-state index contributed by atoms with van der Waals surface area (Å²) < 4.78 is 16.8. The van der Waals surface area contributed by atoms with E-state index in [4.69, 9.17) is 4.74 Å². The molecule has 1 aromatic rings. The predicted octanol–water partition coefficient (Wildman–Crippen LogP) is 2.05. The van der Waals surface area contributed by atoms with Crippen molar-refractivity contribution in [3.63, 3.8) is 0 Å². The molecule has 0 radical (unpaired) electrons. The van der Waals surface area contributed by atoms with Gasteiger partial charge in [-0.1, -0.05) is 0 Å². The third-order valence-corrected chi connectivity index (χ3v) is 1.48. The standard InChI is InChI=1S/C9H12FNO/c1-7-5-8(2)9(11-6-7)12-4-3-10/h5-6H,3-4H2,1-2H3. The van der Waals surface area contributed by atoms with E-state index < -0.39 is 6.67 Å². The Bertz CT molecular complexity index is 263. The van der Waals surface area contributed by atoms with Crippen molar-refractivity contribution >= 4 is 0 Å². The first-order chi connectivity index (χ1) is 5.74. The Balaban J connectivity index is 2.72. The van der Waals surface area contributed by atoms with E-state index in [2.05, 4.69) is 4.98 Å². The Labute approximate surface area is 71.4 Å². The maximum absolute atomic E-state index is 11.7. The highest BCUT2D eigenvalue weighted by molar-refractivity contribution is 5.27. The molecule has 0 aliphatic rings. The van der Waals surface area contributed by atoms with Crippen LogP contribution in [0.3, 0.4) is 0 Å². The quantitative estimate of drug-likeness (QED) is 0.690. The van der Waals surface area contributed by atoms with Crippen molar-refractivity contribution in [1.29, 1.82) is 0 Å². The van der Waals surface area contributed by atoms with Crippen LogP contribution in [-0.4, -0.2) is 18.3 Å². The summed E-state index contributed by atoms with van der Waals surface area (Å²) in [5.74, 6) is 0.526. The molecule has 0 saturated heterocycles. The van der Waals surface area contributed by atoms with Crippen molar-refractivity contribution in [2.24, 2.45) is 0 Å². The van der Waals surface area contributed by atoms with Gasteiger partial charge >= 0.3 is 0 Å². The Morgan fingerprint density at radius 1 is 1.50 bits per heavy atom. The molecule has 0 aliphatic heterocycles. The van der Waals surface area contributed by atoms with E-state index in [1.807, 2.05) is 19.9 Å².